The Balaban J connectivity index is 1.65. The number of rotatable bonds is 2. The Morgan fingerprint density at radius 3 is 2.77 bits per heavy atom. The summed E-state index contributed by atoms with van der Waals surface area (Å²) < 4.78 is 37.1. The van der Waals surface area contributed by atoms with Gasteiger partial charge in [-0.15, -0.1) is 0 Å². The highest BCUT2D eigenvalue weighted by Gasteiger charge is 2.81. The molecule has 7 rings (SSSR count). The molecule has 5 heteroatoms. The van der Waals surface area contributed by atoms with Gasteiger partial charge in [0.15, 0.2) is 11.5 Å². The van der Waals surface area contributed by atoms with Gasteiger partial charge in [0, 0.05) is 35.4 Å². The second-order valence-electron chi connectivity index (χ2n) is 11.7. The van der Waals surface area contributed by atoms with Crippen LogP contribution >= 0.6 is 0 Å². The van der Waals surface area contributed by atoms with Gasteiger partial charge >= 0.3 is 0 Å². The molecule has 6 aliphatic rings. The molecule has 4 aliphatic carbocycles. The van der Waals surface area contributed by atoms with E-state index in [1.165, 1.54) is 5.56 Å². The summed E-state index contributed by atoms with van der Waals surface area (Å²) in [5.74, 6) is 0.170. The van der Waals surface area contributed by atoms with E-state index in [-0.39, 0.29) is 17.2 Å². The lowest BCUT2D eigenvalue weighted by atomic mass is 9.33. The first-order valence-electron chi connectivity index (χ1n) is 12.9. The quantitative estimate of drug-likeness (QED) is 0.690. The number of piperidine rings is 1. The largest absolute Gasteiger partial charge is 0.504 e. The zero-order chi connectivity index (χ0) is 23.8. The molecule has 4 fully saturated rings. The second kappa shape index (κ2) is 5.36. The smallest absolute Gasteiger partial charge is 0.165 e. The van der Waals surface area contributed by atoms with Crippen LogP contribution < -0.4 is 10.1 Å². The molecule has 7 atom stereocenters. The van der Waals surface area contributed by atoms with Gasteiger partial charge in [-0.25, -0.2) is 0 Å². The van der Waals surface area contributed by atoms with Crippen molar-refractivity contribution in [1.29, 1.82) is 0 Å². The molecule has 5 nitrogen and oxygen atoms in total. The Hall–Kier alpha value is -1.30. The summed E-state index contributed by atoms with van der Waals surface area (Å²) in [6.07, 6.45) is 3.06. The van der Waals surface area contributed by atoms with Crippen molar-refractivity contribution in [3.05, 3.63) is 23.3 Å². The van der Waals surface area contributed by atoms with Crippen LogP contribution in [-0.2, 0) is 16.6 Å². The summed E-state index contributed by atoms with van der Waals surface area (Å²) in [5, 5.41) is 26.7. The molecule has 4 bridgehead atoms. The molecule has 0 radical (unpaired) electrons. The Bertz CT molecular complexity index is 1030. The monoisotopic (exact) mass is 416 g/mol. The minimum Gasteiger partial charge on any atom is -0.504 e. The Morgan fingerprint density at radius 2 is 2.03 bits per heavy atom. The van der Waals surface area contributed by atoms with Gasteiger partial charge in [-0.2, -0.15) is 0 Å². The Labute approximate surface area is 183 Å². The van der Waals surface area contributed by atoms with Crippen LogP contribution in [0, 0.1) is 16.7 Å². The number of aliphatic hydroxyl groups is 1. The summed E-state index contributed by atoms with van der Waals surface area (Å²) in [6.45, 7) is 8.65. The van der Waals surface area contributed by atoms with Crippen molar-refractivity contribution >= 4 is 0 Å². The van der Waals surface area contributed by atoms with Gasteiger partial charge in [0.05, 0.1) is 9.71 Å². The average molecular weight is 417 g/mol. The van der Waals surface area contributed by atoms with Gasteiger partial charge in [0.1, 0.15) is 11.7 Å². The Kier molecular flexibility index (Phi) is 2.92. The summed E-state index contributed by atoms with van der Waals surface area (Å²) >= 11 is 0. The predicted molar refractivity (Wildman–Crippen MR) is 114 cm³/mol. The number of benzene rings is 1. The molecular formula is C25H35NO4. The van der Waals surface area contributed by atoms with E-state index in [1.807, 2.05) is 33.8 Å². The fraction of sp³-hybridized carbons (Fsp3) is 0.760. The van der Waals surface area contributed by atoms with E-state index >= 15 is 0 Å². The molecule has 0 aromatic heterocycles. The number of fused-ring (bicyclic) bond motifs is 2. The number of methoxy groups -OCH3 is 1. The van der Waals surface area contributed by atoms with Crippen molar-refractivity contribution in [2.75, 3.05) is 13.6 Å². The zero-order valence-corrected chi connectivity index (χ0v) is 18.3. The van der Waals surface area contributed by atoms with Crippen molar-refractivity contribution in [1.82, 2.24) is 5.32 Å². The Morgan fingerprint density at radius 1 is 1.23 bits per heavy atom. The fourth-order valence-corrected chi connectivity index (χ4v) is 8.35. The molecule has 1 unspecified atom stereocenters. The summed E-state index contributed by atoms with van der Waals surface area (Å²) in [4.78, 5) is 0. The van der Waals surface area contributed by atoms with Crippen molar-refractivity contribution in [3.8, 4) is 11.5 Å². The first kappa shape index (κ1) is 16.3. The average Bonchev–Trinajstić information content (AvgIpc) is 3.04. The van der Waals surface area contributed by atoms with E-state index in [0.717, 1.165) is 31.4 Å². The molecule has 0 amide bonds. The highest BCUT2D eigenvalue weighted by molar-refractivity contribution is 5.63. The van der Waals surface area contributed by atoms with Crippen molar-refractivity contribution < 1.29 is 23.8 Å². The van der Waals surface area contributed by atoms with E-state index in [0.29, 0.717) is 18.6 Å². The highest BCUT2D eigenvalue weighted by atomic mass is 16.6. The molecule has 1 saturated heterocycles. The molecular weight excluding hydrogens is 378 g/mol. The number of phenolic OH excluding ortho intramolecular Hbond substituents is 1. The second-order valence-corrected chi connectivity index (χ2v) is 11.7. The number of hydrogen-bond acceptors (Lipinski definition) is 5. The van der Waals surface area contributed by atoms with Crippen LogP contribution in [0.1, 0.15) is 68.6 Å². The van der Waals surface area contributed by atoms with E-state index in [1.54, 1.807) is 6.07 Å². The molecule has 1 aromatic carbocycles. The summed E-state index contributed by atoms with van der Waals surface area (Å²) in [7, 11) is -2.63. The third-order valence-electron chi connectivity index (χ3n) is 10.2. The number of nitrogens with one attached hydrogen (secondary N) is 1. The van der Waals surface area contributed by atoms with E-state index in [9.17, 15) is 10.2 Å². The maximum Gasteiger partial charge on any atom is 0.165 e. The van der Waals surface area contributed by atoms with Crippen LogP contribution in [0.15, 0.2) is 12.1 Å². The van der Waals surface area contributed by atoms with E-state index in [2.05, 4.69) is 5.32 Å². The van der Waals surface area contributed by atoms with Gasteiger partial charge in [-0.1, -0.05) is 26.8 Å². The minimum absolute atomic E-state index is 0.104. The zero-order valence-electron chi connectivity index (χ0n) is 21.3. The summed E-state index contributed by atoms with van der Waals surface area (Å²) in [5.41, 5.74) is -1.27. The molecule has 3 N–H and O–H groups in total. The maximum atomic E-state index is 12.0. The van der Waals surface area contributed by atoms with Crippen LogP contribution in [0.5, 0.6) is 11.5 Å². The molecule has 2 heterocycles. The van der Waals surface area contributed by atoms with Gasteiger partial charge < -0.3 is 25.0 Å². The lowest BCUT2D eigenvalue weighted by Gasteiger charge is -2.74. The molecule has 1 aromatic rings. The van der Waals surface area contributed by atoms with Crippen LogP contribution in [0.25, 0.3) is 0 Å². The third-order valence-corrected chi connectivity index (χ3v) is 10.2. The van der Waals surface area contributed by atoms with E-state index in [4.69, 9.17) is 13.6 Å². The SMILES string of the molecule is [2H]C([2H])([2H])O[C@]12CC[C@@]3(C[C@@H]1C(C)(O)C(C)(C)C)[C@H]1Cc4ccc(O)c5c4[C@@]3(CCN1)[C@H]2O5. The molecule has 2 aliphatic heterocycles. The maximum absolute atomic E-state index is 12.0. The van der Waals surface area contributed by atoms with Crippen LogP contribution in [0.2, 0.25) is 0 Å². The lowest BCUT2D eigenvalue weighted by molar-refractivity contribution is -0.303. The van der Waals surface area contributed by atoms with Crippen molar-refractivity contribution in [3.63, 3.8) is 0 Å². The highest BCUT2D eigenvalue weighted by Crippen LogP contribution is 2.77. The number of phenols is 1. The number of hydrogen-bond donors (Lipinski definition) is 3. The number of aromatic hydroxyl groups is 1. The molecule has 30 heavy (non-hydrogen) atoms. The molecule has 164 valence electrons. The van der Waals surface area contributed by atoms with Crippen LogP contribution in [0.4, 0.5) is 0 Å². The number of ether oxygens (including phenoxy) is 2. The minimum atomic E-state index is -2.63. The van der Waals surface area contributed by atoms with Crippen LogP contribution in [-0.4, -0.2) is 47.1 Å². The predicted octanol–water partition coefficient (Wildman–Crippen LogP) is 3.29. The van der Waals surface area contributed by atoms with Gasteiger partial charge in [0.25, 0.3) is 0 Å². The van der Waals surface area contributed by atoms with Crippen molar-refractivity contribution in [2.45, 2.75) is 88.6 Å². The van der Waals surface area contributed by atoms with Gasteiger partial charge in [-0.05, 0) is 62.6 Å². The lowest BCUT2D eigenvalue weighted by Crippen LogP contribution is -2.83. The standard InChI is InChI=1S/C25H35NO4/c1-21(2,3)22(4,28)16-13-23-8-9-25(16,29-5)20-24(23)10-11-26-17(23)12-14-6-7-15(27)19(30-20)18(14)24/h6-7,16-17,20,26-28H,8-13H2,1-5H3/t16-,17-,20-,22?,23-,24+,25-/m1/s1/i5D3. The first-order valence-corrected chi connectivity index (χ1v) is 11.4. The summed E-state index contributed by atoms with van der Waals surface area (Å²) in [6, 6.07) is 3.90. The van der Waals surface area contributed by atoms with Gasteiger partial charge in [0.2, 0.25) is 0 Å². The third kappa shape index (κ3) is 1.77. The van der Waals surface area contributed by atoms with Crippen LogP contribution in [0.3, 0.4) is 0 Å². The fourth-order valence-electron chi connectivity index (χ4n) is 8.35. The molecule has 2 spiro atoms. The molecule has 3 saturated carbocycles. The topological polar surface area (TPSA) is 71.0 Å². The van der Waals surface area contributed by atoms with E-state index < -0.39 is 41.1 Å². The first-order chi connectivity index (χ1) is 15.2. The normalized spacial score (nSPS) is 46.8. The van der Waals surface area contributed by atoms with Gasteiger partial charge in [-0.3, -0.25) is 0 Å². The van der Waals surface area contributed by atoms with Crippen molar-refractivity contribution in [2.24, 2.45) is 16.7 Å².